The van der Waals surface area contributed by atoms with Crippen LogP contribution < -0.4 is 9.47 Å². The lowest BCUT2D eigenvalue weighted by atomic mass is 10.1. The van der Waals surface area contributed by atoms with Crippen LogP contribution in [0, 0.1) is 6.92 Å². The summed E-state index contributed by atoms with van der Waals surface area (Å²) in [6.07, 6.45) is 5.39. The molecule has 1 aromatic carbocycles. The van der Waals surface area contributed by atoms with Crippen molar-refractivity contribution in [2.75, 3.05) is 20.3 Å². The summed E-state index contributed by atoms with van der Waals surface area (Å²) in [6, 6.07) is 9.52. The third-order valence-electron chi connectivity index (χ3n) is 5.22. The number of hydrogen-bond acceptors (Lipinski definition) is 4. The molecule has 3 nitrogen and oxygen atoms in total. The Morgan fingerprint density at radius 3 is 2.75 bits per heavy atom. The number of rotatable bonds is 3. The Morgan fingerprint density at radius 1 is 1.21 bits per heavy atom. The van der Waals surface area contributed by atoms with Crippen LogP contribution in [-0.2, 0) is 6.54 Å². The van der Waals surface area contributed by atoms with Gasteiger partial charge in [0.1, 0.15) is 6.61 Å². The number of hydrogen-bond donors (Lipinski definition) is 0. The molecule has 2 aromatic rings. The summed E-state index contributed by atoms with van der Waals surface area (Å²) in [4.78, 5) is 5.25. The molecular weight excluding hydrogens is 318 g/mol. The summed E-state index contributed by atoms with van der Waals surface area (Å²) < 4.78 is 11.8. The van der Waals surface area contributed by atoms with Gasteiger partial charge in [0.15, 0.2) is 11.5 Å². The van der Waals surface area contributed by atoms with Crippen LogP contribution in [0.4, 0.5) is 0 Å². The molecule has 0 bridgehead atoms. The minimum Gasteiger partial charge on any atom is -0.493 e. The number of ether oxygens (including phenoxy) is 2. The fraction of sp³-hybridized carbons (Fsp3) is 0.500. The topological polar surface area (TPSA) is 21.7 Å². The molecule has 0 unspecified atom stereocenters. The van der Waals surface area contributed by atoms with Gasteiger partial charge >= 0.3 is 0 Å². The summed E-state index contributed by atoms with van der Waals surface area (Å²) >= 11 is 1.83. The van der Waals surface area contributed by atoms with Crippen LogP contribution in [0.25, 0.3) is 10.4 Å². The van der Waals surface area contributed by atoms with Crippen molar-refractivity contribution in [3.63, 3.8) is 0 Å². The third kappa shape index (κ3) is 3.05. The van der Waals surface area contributed by atoms with Gasteiger partial charge in [-0.05, 0) is 49.6 Å². The van der Waals surface area contributed by atoms with Gasteiger partial charge < -0.3 is 9.47 Å². The van der Waals surface area contributed by atoms with Crippen molar-refractivity contribution in [3.05, 3.63) is 34.7 Å². The Bertz CT molecular complexity index is 718. The molecule has 1 aliphatic heterocycles. The van der Waals surface area contributed by atoms with Crippen LogP contribution in [0.3, 0.4) is 0 Å². The molecule has 0 saturated heterocycles. The lowest BCUT2D eigenvalue weighted by Crippen LogP contribution is -2.34. The Morgan fingerprint density at radius 2 is 2.04 bits per heavy atom. The first kappa shape index (κ1) is 16.0. The number of nitrogens with zero attached hydrogens (tertiary/aromatic N) is 1. The van der Waals surface area contributed by atoms with Crippen molar-refractivity contribution in [3.8, 4) is 21.9 Å². The predicted octanol–water partition coefficient (Wildman–Crippen LogP) is 4.87. The molecule has 0 N–H and O–H groups in total. The normalized spacial score (nSPS) is 18.9. The smallest absolute Gasteiger partial charge is 0.165 e. The number of fused-ring (bicyclic) bond motifs is 1. The van der Waals surface area contributed by atoms with E-state index in [1.807, 2.05) is 11.3 Å². The van der Waals surface area contributed by atoms with Crippen LogP contribution in [0.1, 0.15) is 36.1 Å². The molecule has 0 radical (unpaired) electrons. The van der Waals surface area contributed by atoms with Crippen molar-refractivity contribution in [2.24, 2.45) is 0 Å². The number of thiophene rings is 1. The van der Waals surface area contributed by atoms with E-state index in [2.05, 4.69) is 36.1 Å². The van der Waals surface area contributed by atoms with E-state index in [9.17, 15) is 0 Å². The van der Waals surface area contributed by atoms with Gasteiger partial charge in [-0.3, -0.25) is 4.90 Å². The predicted molar refractivity (Wildman–Crippen MR) is 99.2 cm³/mol. The highest BCUT2D eigenvalue weighted by molar-refractivity contribution is 7.15. The molecule has 0 atom stereocenters. The van der Waals surface area contributed by atoms with E-state index >= 15 is 0 Å². The minimum absolute atomic E-state index is 0.721. The van der Waals surface area contributed by atoms with E-state index in [1.54, 1.807) is 7.11 Å². The molecule has 1 aromatic heterocycles. The highest BCUT2D eigenvalue weighted by Gasteiger charge is 2.27. The fourth-order valence-corrected chi connectivity index (χ4v) is 4.82. The largest absolute Gasteiger partial charge is 0.493 e. The van der Waals surface area contributed by atoms with Crippen LogP contribution in [-0.4, -0.2) is 31.2 Å². The maximum Gasteiger partial charge on any atom is 0.165 e. The lowest BCUT2D eigenvalue weighted by Gasteiger charge is -2.26. The van der Waals surface area contributed by atoms with E-state index < -0.39 is 0 Å². The second-order valence-electron chi connectivity index (χ2n) is 6.83. The number of aryl methyl sites for hydroxylation is 1. The van der Waals surface area contributed by atoms with Gasteiger partial charge in [0, 0.05) is 34.4 Å². The van der Waals surface area contributed by atoms with Gasteiger partial charge in [-0.25, -0.2) is 0 Å². The van der Waals surface area contributed by atoms with Gasteiger partial charge in [0.25, 0.3) is 0 Å². The van der Waals surface area contributed by atoms with Crippen LogP contribution >= 0.6 is 11.3 Å². The molecule has 1 fully saturated rings. The second kappa shape index (κ2) is 6.77. The van der Waals surface area contributed by atoms with Crippen LogP contribution in [0.5, 0.6) is 11.5 Å². The van der Waals surface area contributed by atoms with Gasteiger partial charge in [0.2, 0.25) is 0 Å². The highest BCUT2D eigenvalue weighted by Crippen LogP contribution is 2.40. The molecule has 4 rings (SSSR count). The molecule has 4 heteroatoms. The second-order valence-corrected chi connectivity index (χ2v) is 8.12. The Kier molecular flexibility index (Phi) is 4.51. The van der Waals surface area contributed by atoms with Gasteiger partial charge in [0.05, 0.1) is 7.11 Å². The van der Waals surface area contributed by atoms with Gasteiger partial charge in [-0.2, -0.15) is 0 Å². The maximum atomic E-state index is 6.09. The van der Waals surface area contributed by atoms with E-state index in [0.29, 0.717) is 0 Å². The average Bonchev–Trinajstić information content (AvgIpc) is 3.22. The summed E-state index contributed by atoms with van der Waals surface area (Å²) in [7, 11) is 1.74. The first-order valence-electron chi connectivity index (χ1n) is 8.89. The Balaban J connectivity index is 1.71. The standard InChI is InChI=1S/C20H25NO2S/c1-14-7-8-19(24-14)15-11-16-13-21(17-5-3-4-6-17)9-10-23-20(16)18(12-15)22-2/h7-8,11-12,17H,3-6,9-10,13H2,1-2H3. The Labute approximate surface area is 148 Å². The molecule has 1 aliphatic carbocycles. The number of benzene rings is 1. The summed E-state index contributed by atoms with van der Waals surface area (Å²) in [5, 5.41) is 0. The van der Waals surface area contributed by atoms with Crippen molar-refractivity contribution in [1.29, 1.82) is 0 Å². The summed E-state index contributed by atoms with van der Waals surface area (Å²) in [5.74, 6) is 1.80. The van der Waals surface area contributed by atoms with Crippen molar-refractivity contribution < 1.29 is 9.47 Å². The number of methoxy groups -OCH3 is 1. The zero-order chi connectivity index (χ0) is 16.5. The van der Waals surface area contributed by atoms with Crippen molar-refractivity contribution in [2.45, 2.75) is 45.2 Å². The van der Waals surface area contributed by atoms with Crippen molar-refractivity contribution in [1.82, 2.24) is 4.90 Å². The summed E-state index contributed by atoms with van der Waals surface area (Å²) in [5.41, 5.74) is 2.50. The van der Waals surface area contributed by atoms with E-state index in [0.717, 1.165) is 37.2 Å². The van der Waals surface area contributed by atoms with Crippen LogP contribution in [0.15, 0.2) is 24.3 Å². The van der Waals surface area contributed by atoms with Crippen LogP contribution in [0.2, 0.25) is 0 Å². The van der Waals surface area contributed by atoms with E-state index in [-0.39, 0.29) is 0 Å². The molecule has 2 aliphatic rings. The quantitative estimate of drug-likeness (QED) is 0.794. The Hall–Kier alpha value is -1.52. The fourth-order valence-electron chi connectivity index (χ4n) is 3.97. The van der Waals surface area contributed by atoms with Gasteiger partial charge in [-0.15, -0.1) is 11.3 Å². The highest BCUT2D eigenvalue weighted by atomic mass is 32.1. The summed E-state index contributed by atoms with van der Waals surface area (Å²) in [6.45, 7) is 4.88. The first-order chi connectivity index (χ1) is 11.7. The molecule has 0 spiro atoms. The SMILES string of the molecule is COc1cc(-c2ccc(C)s2)cc2c1OCCN(C1CCCC1)C2. The minimum atomic E-state index is 0.721. The zero-order valence-corrected chi connectivity index (χ0v) is 15.3. The molecule has 2 heterocycles. The molecule has 24 heavy (non-hydrogen) atoms. The molecule has 128 valence electrons. The van der Waals surface area contributed by atoms with Gasteiger partial charge in [-0.1, -0.05) is 12.8 Å². The molecule has 0 amide bonds. The third-order valence-corrected chi connectivity index (χ3v) is 6.27. The average molecular weight is 343 g/mol. The van der Waals surface area contributed by atoms with Crippen molar-refractivity contribution >= 4 is 11.3 Å². The molecular formula is C20H25NO2S. The molecule has 1 saturated carbocycles. The first-order valence-corrected chi connectivity index (χ1v) is 9.71. The maximum absolute atomic E-state index is 6.09. The van der Waals surface area contributed by atoms with E-state index in [4.69, 9.17) is 9.47 Å². The monoisotopic (exact) mass is 343 g/mol. The zero-order valence-electron chi connectivity index (χ0n) is 14.5. The van der Waals surface area contributed by atoms with E-state index in [1.165, 1.54) is 46.6 Å². The lowest BCUT2D eigenvalue weighted by molar-refractivity contribution is 0.170.